The van der Waals surface area contributed by atoms with Gasteiger partial charge in [0, 0.05) is 18.7 Å². The first-order valence-electron chi connectivity index (χ1n) is 8.82. The minimum absolute atomic E-state index is 0. The summed E-state index contributed by atoms with van der Waals surface area (Å²) in [5, 5.41) is 3.29. The first-order valence-corrected chi connectivity index (χ1v) is 10.5. The van der Waals surface area contributed by atoms with Gasteiger partial charge in [0.25, 0.3) is 5.91 Å². The van der Waals surface area contributed by atoms with Gasteiger partial charge in [-0.05, 0) is 55.8 Å². The van der Waals surface area contributed by atoms with E-state index in [9.17, 15) is 13.2 Å². The molecule has 0 bridgehead atoms. The van der Waals surface area contributed by atoms with E-state index >= 15 is 0 Å². The molecule has 5 nitrogen and oxygen atoms in total. The third-order valence-electron chi connectivity index (χ3n) is 4.84. The van der Waals surface area contributed by atoms with Crippen LogP contribution in [0, 0.1) is 0 Å². The zero-order valence-electron chi connectivity index (χ0n) is 15.3. The summed E-state index contributed by atoms with van der Waals surface area (Å²) in [6.07, 6.45) is 1.87. The molecule has 27 heavy (non-hydrogen) atoms. The summed E-state index contributed by atoms with van der Waals surface area (Å²) >= 11 is 0. The number of sulfone groups is 1. The van der Waals surface area contributed by atoms with Crippen LogP contribution in [0.4, 0.5) is 0 Å². The van der Waals surface area contributed by atoms with E-state index < -0.39 is 9.84 Å². The van der Waals surface area contributed by atoms with Crippen LogP contribution in [0.2, 0.25) is 0 Å². The van der Waals surface area contributed by atoms with E-state index in [4.69, 9.17) is 0 Å². The minimum atomic E-state index is -3.43. The van der Waals surface area contributed by atoms with E-state index in [1.54, 1.807) is 29.2 Å². The molecule has 0 aromatic heterocycles. The number of halogens is 1. The molecule has 0 unspecified atom stereocenters. The lowest BCUT2D eigenvalue weighted by atomic mass is 10.0. The van der Waals surface area contributed by atoms with Gasteiger partial charge in [-0.2, -0.15) is 0 Å². The lowest BCUT2D eigenvalue weighted by Crippen LogP contribution is -2.43. The lowest BCUT2D eigenvalue weighted by molar-refractivity contribution is 0.0703. The van der Waals surface area contributed by atoms with Crippen molar-refractivity contribution in [3.8, 4) is 0 Å². The van der Waals surface area contributed by atoms with Gasteiger partial charge >= 0.3 is 0 Å². The molecule has 146 valence electrons. The fourth-order valence-electron chi connectivity index (χ4n) is 3.25. The Hall–Kier alpha value is -1.89. The van der Waals surface area contributed by atoms with Crippen molar-refractivity contribution in [3.63, 3.8) is 0 Å². The molecular weight excluding hydrogens is 384 g/mol. The van der Waals surface area contributed by atoms with Crippen LogP contribution < -0.4 is 5.32 Å². The summed E-state index contributed by atoms with van der Waals surface area (Å²) in [4.78, 5) is 14.7. The fourth-order valence-corrected chi connectivity index (χ4v) is 4.59. The topological polar surface area (TPSA) is 66.5 Å². The summed E-state index contributed by atoms with van der Waals surface area (Å²) in [5.41, 5.74) is 1.27. The number of piperidine rings is 1. The van der Waals surface area contributed by atoms with Gasteiger partial charge in [-0.1, -0.05) is 30.3 Å². The molecule has 0 saturated carbocycles. The van der Waals surface area contributed by atoms with Crippen molar-refractivity contribution in [2.75, 3.05) is 20.1 Å². The molecule has 1 aliphatic rings. The Bertz CT molecular complexity index is 849. The molecule has 1 fully saturated rings. The number of benzene rings is 2. The largest absolute Gasteiger partial charge is 0.339 e. The third-order valence-corrected chi connectivity index (χ3v) is 6.54. The predicted molar refractivity (Wildman–Crippen MR) is 109 cm³/mol. The first kappa shape index (κ1) is 21.4. The zero-order chi connectivity index (χ0) is 18.6. The molecule has 0 aliphatic carbocycles. The third kappa shape index (κ3) is 5.31. The summed E-state index contributed by atoms with van der Waals surface area (Å²) in [6, 6.07) is 15.6. The summed E-state index contributed by atoms with van der Waals surface area (Å²) in [6.45, 7) is 1.83. The molecule has 0 atom stereocenters. The highest BCUT2D eigenvalue weighted by atomic mass is 35.5. The second-order valence-electron chi connectivity index (χ2n) is 6.67. The van der Waals surface area contributed by atoms with Crippen LogP contribution in [0.1, 0.15) is 28.8 Å². The van der Waals surface area contributed by atoms with Crippen molar-refractivity contribution in [1.29, 1.82) is 0 Å². The smallest absolute Gasteiger partial charge is 0.253 e. The monoisotopic (exact) mass is 408 g/mol. The molecular formula is C20H25ClN2O3S. The van der Waals surface area contributed by atoms with Crippen molar-refractivity contribution in [2.45, 2.75) is 29.5 Å². The van der Waals surface area contributed by atoms with Gasteiger partial charge in [0.15, 0.2) is 9.84 Å². The Labute approximate surface area is 167 Å². The van der Waals surface area contributed by atoms with E-state index in [0.717, 1.165) is 31.5 Å². The van der Waals surface area contributed by atoms with Crippen molar-refractivity contribution in [2.24, 2.45) is 0 Å². The second-order valence-corrected chi connectivity index (χ2v) is 8.66. The molecule has 0 spiro atoms. The molecule has 1 aliphatic heterocycles. The first-order chi connectivity index (χ1) is 12.5. The normalized spacial score (nSPS) is 15.0. The van der Waals surface area contributed by atoms with Gasteiger partial charge < -0.3 is 10.2 Å². The van der Waals surface area contributed by atoms with Crippen LogP contribution in [0.3, 0.4) is 0 Å². The molecule has 1 heterocycles. The van der Waals surface area contributed by atoms with Gasteiger partial charge in [0.2, 0.25) is 0 Å². The molecule has 2 aromatic rings. The van der Waals surface area contributed by atoms with Crippen LogP contribution in [0.5, 0.6) is 0 Å². The second kappa shape index (κ2) is 9.35. The van der Waals surface area contributed by atoms with Gasteiger partial charge in [-0.15, -0.1) is 12.4 Å². The molecule has 0 radical (unpaired) electrons. The number of rotatable bonds is 5. The van der Waals surface area contributed by atoms with Crippen LogP contribution in [0.25, 0.3) is 0 Å². The van der Waals surface area contributed by atoms with Crippen LogP contribution in [0.15, 0.2) is 59.5 Å². The molecule has 1 saturated heterocycles. The summed E-state index contributed by atoms with van der Waals surface area (Å²) in [5.74, 6) is -0.111. The number of carbonyl (C=O) groups is 1. The Morgan fingerprint density at radius 1 is 1.04 bits per heavy atom. The van der Waals surface area contributed by atoms with Gasteiger partial charge in [-0.3, -0.25) is 4.79 Å². The number of hydrogen-bond donors (Lipinski definition) is 1. The van der Waals surface area contributed by atoms with E-state index in [1.165, 1.54) is 12.1 Å². The number of hydrogen-bond acceptors (Lipinski definition) is 4. The highest BCUT2D eigenvalue weighted by Gasteiger charge is 2.23. The van der Waals surface area contributed by atoms with Crippen molar-refractivity contribution < 1.29 is 13.2 Å². The number of nitrogens with one attached hydrogen (secondary N) is 1. The molecule has 1 amide bonds. The van der Waals surface area contributed by atoms with E-state index in [0.29, 0.717) is 5.56 Å². The lowest BCUT2D eigenvalue weighted by Gasteiger charge is -2.31. The average Bonchev–Trinajstić information content (AvgIpc) is 2.68. The Balaban J connectivity index is 0.00000261. The van der Waals surface area contributed by atoms with Crippen molar-refractivity contribution in [1.82, 2.24) is 10.2 Å². The van der Waals surface area contributed by atoms with Gasteiger partial charge in [-0.25, -0.2) is 8.42 Å². The van der Waals surface area contributed by atoms with E-state index in [2.05, 4.69) is 5.32 Å². The molecule has 3 rings (SSSR count). The quantitative estimate of drug-likeness (QED) is 0.826. The Morgan fingerprint density at radius 2 is 1.63 bits per heavy atom. The van der Waals surface area contributed by atoms with Crippen molar-refractivity contribution in [3.05, 3.63) is 65.7 Å². The van der Waals surface area contributed by atoms with E-state index in [1.807, 2.05) is 25.2 Å². The molecule has 7 heteroatoms. The highest BCUT2D eigenvalue weighted by molar-refractivity contribution is 7.90. The highest BCUT2D eigenvalue weighted by Crippen LogP contribution is 2.19. The summed E-state index contributed by atoms with van der Waals surface area (Å²) < 4.78 is 25.1. The maximum atomic E-state index is 12.7. The SMILES string of the molecule is CN(C(=O)c1ccc(S(=O)(=O)Cc2ccccc2)cc1)C1CCNCC1.Cl. The number of amides is 1. The predicted octanol–water partition coefficient (Wildman–Crippen LogP) is 2.91. The average molecular weight is 409 g/mol. The zero-order valence-corrected chi connectivity index (χ0v) is 16.9. The maximum Gasteiger partial charge on any atom is 0.253 e. The van der Waals surface area contributed by atoms with Gasteiger partial charge in [0.1, 0.15) is 0 Å². The molecule has 2 aromatic carbocycles. The Kier molecular flexibility index (Phi) is 7.41. The Morgan fingerprint density at radius 3 is 2.22 bits per heavy atom. The van der Waals surface area contributed by atoms with Crippen LogP contribution >= 0.6 is 12.4 Å². The minimum Gasteiger partial charge on any atom is -0.339 e. The van der Waals surface area contributed by atoms with Crippen LogP contribution in [-0.4, -0.2) is 45.4 Å². The maximum absolute atomic E-state index is 12.7. The summed E-state index contributed by atoms with van der Waals surface area (Å²) in [7, 11) is -1.61. The number of nitrogens with zero attached hydrogens (tertiary/aromatic N) is 1. The standard InChI is InChI=1S/C20H24N2O3S.ClH/c1-22(18-11-13-21-14-12-18)20(23)17-7-9-19(10-8-17)26(24,25)15-16-5-3-2-4-6-16;/h2-10,18,21H,11-15H2,1H3;1H. The fraction of sp³-hybridized carbons (Fsp3) is 0.350. The van der Waals surface area contributed by atoms with Crippen LogP contribution in [-0.2, 0) is 15.6 Å². The number of carbonyl (C=O) groups excluding carboxylic acids is 1. The van der Waals surface area contributed by atoms with Gasteiger partial charge in [0.05, 0.1) is 10.6 Å². The molecule has 1 N–H and O–H groups in total. The van der Waals surface area contributed by atoms with E-state index in [-0.39, 0.29) is 35.0 Å². The van der Waals surface area contributed by atoms with Crippen molar-refractivity contribution >= 4 is 28.2 Å².